The fraction of sp³-hybridized carbons (Fsp3) is 0. The highest BCUT2D eigenvalue weighted by Crippen LogP contribution is 2.31. The molecule has 0 aliphatic heterocycles. The zero-order valence-electron chi connectivity index (χ0n) is 8.42. The van der Waals surface area contributed by atoms with Gasteiger partial charge in [-0.25, -0.2) is 13.8 Å². The van der Waals surface area contributed by atoms with Crippen molar-refractivity contribution in [2.24, 2.45) is 0 Å². The highest BCUT2D eigenvalue weighted by Gasteiger charge is 2.16. The van der Waals surface area contributed by atoms with Gasteiger partial charge in [0.15, 0.2) is 0 Å². The zero-order chi connectivity index (χ0) is 12.4. The molecular weight excluding hydrogens is 290 g/mol. The van der Waals surface area contributed by atoms with Crippen LogP contribution >= 0.6 is 15.9 Å². The van der Waals surface area contributed by atoms with E-state index >= 15 is 0 Å². The minimum Gasteiger partial charge on any atom is -0.248 e. The van der Waals surface area contributed by atoms with Gasteiger partial charge in [-0.3, -0.25) is 0 Å². The monoisotopic (exact) mass is 294 g/mol. The predicted molar refractivity (Wildman–Crippen MR) is 62.0 cm³/mol. The first-order valence-electron chi connectivity index (χ1n) is 4.64. The van der Waals surface area contributed by atoms with Crippen molar-refractivity contribution in [3.8, 4) is 17.2 Å². The first-order valence-corrected chi connectivity index (χ1v) is 5.43. The Morgan fingerprint density at radius 2 is 1.82 bits per heavy atom. The Morgan fingerprint density at radius 1 is 1.18 bits per heavy atom. The van der Waals surface area contributed by atoms with Gasteiger partial charge in [0.2, 0.25) is 0 Å². The summed E-state index contributed by atoms with van der Waals surface area (Å²) in [5, 5.41) is 8.98. The van der Waals surface area contributed by atoms with Gasteiger partial charge in [-0.2, -0.15) is 5.26 Å². The number of hydrogen-bond donors (Lipinski definition) is 0. The van der Waals surface area contributed by atoms with Crippen molar-refractivity contribution in [3.63, 3.8) is 0 Å². The molecular formula is C12H5BrF2N2. The third kappa shape index (κ3) is 2.04. The molecule has 1 heterocycles. The van der Waals surface area contributed by atoms with Crippen LogP contribution in [0.1, 0.15) is 5.56 Å². The van der Waals surface area contributed by atoms with Crippen molar-refractivity contribution in [2.45, 2.75) is 0 Å². The average molecular weight is 295 g/mol. The summed E-state index contributed by atoms with van der Waals surface area (Å²) in [6, 6.07) is 6.85. The van der Waals surface area contributed by atoms with E-state index in [0.717, 1.165) is 12.1 Å². The van der Waals surface area contributed by atoms with Gasteiger partial charge in [0, 0.05) is 11.8 Å². The lowest BCUT2D eigenvalue weighted by molar-refractivity contribution is 0.589. The van der Waals surface area contributed by atoms with Gasteiger partial charge < -0.3 is 0 Å². The van der Waals surface area contributed by atoms with E-state index in [1.807, 2.05) is 6.07 Å². The number of pyridine rings is 1. The van der Waals surface area contributed by atoms with Crippen molar-refractivity contribution in [1.82, 2.24) is 4.98 Å². The smallest absolute Gasteiger partial charge is 0.134 e. The summed E-state index contributed by atoms with van der Waals surface area (Å²) in [4.78, 5) is 3.84. The van der Waals surface area contributed by atoms with Gasteiger partial charge >= 0.3 is 0 Å². The van der Waals surface area contributed by atoms with Gasteiger partial charge in [0.25, 0.3) is 0 Å². The van der Waals surface area contributed by atoms with Crippen molar-refractivity contribution >= 4 is 15.9 Å². The van der Waals surface area contributed by atoms with Crippen molar-refractivity contribution in [1.29, 1.82) is 5.26 Å². The van der Waals surface area contributed by atoms with Gasteiger partial charge in [-0.15, -0.1) is 0 Å². The van der Waals surface area contributed by atoms with Crippen LogP contribution in [-0.2, 0) is 0 Å². The Labute approximate surface area is 105 Å². The fourth-order valence-corrected chi connectivity index (χ4v) is 1.93. The number of rotatable bonds is 1. The Kier molecular flexibility index (Phi) is 3.16. The minimum atomic E-state index is -0.709. The molecule has 0 aliphatic carbocycles. The maximum Gasteiger partial charge on any atom is 0.134 e. The summed E-state index contributed by atoms with van der Waals surface area (Å²) in [6.07, 6.45) is 1.38. The molecule has 0 amide bonds. The molecule has 17 heavy (non-hydrogen) atoms. The van der Waals surface area contributed by atoms with E-state index in [2.05, 4.69) is 20.9 Å². The molecule has 0 atom stereocenters. The SMILES string of the molecule is N#Cc1c(-c2c(F)cccc2F)ccnc1Br. The Balaban J connectivity index is 2.79. The van der Waals surface area contributed by atoms with Crippen molar-refractivity contribution in [2.75, 3.05) is 0 Å². The molecule has 2 rings (SSSR count). The lowest BCUT2D eigenvalue weighted by Gasteiger charge is -2.07. The van der Waals surface area contributed by atoms with Gasteiger partial charge in [-0.05, 0) is 34.1 Å². The molecule has 0 radical (unpaired) electrons. The summed E-state index contributed by atoms with van der Waals surface area (Å²) < 4.78 is 27.5. The van der Waals surface area contributed by atoms with Crippen LogP contribution in [0, 0.1) is 23.0 Å². The normalized spacial score (nSPS) is 10.0. The summed E-state index contributed by atoms with van der Waals surface area (Å²) in [6.45, 7) is 0. The summed E-state index contributed by atoms with van der Waals surface area (Å²) >= 11 is 3.08. The lowest BCUT2D eigenvalue weighted by atomic mass is 10.0. The fourth-order valence-electron chi connectivity index (χ4n) is 1.51. The zero-order valence-corrected chi connectivity index (χ0v) is 10.0. The lowest BCUT2D eigenvalue weighted by Crippen LogP contribution is -1.94. The third-order valence-electron chi connectivity index (χ3n) is 2.25. The highest BCUT2D eigenvalue weighted by atomic mass is 79.9. The van der Waals surface area contributed by atoms with E-state index in [4.69, 9.17) is 5.26 Å². The van der Waals surface area contributed by atoms with E-state index in [0.29, 0.717) is 0 Å². The molecule has 0 saturated heterocycles. The van der Waals surface area contributed by atoms with Gasteiger partial charge in [0.1, 0.15) is 22.3 Å². The number of halogens is 3. The van der Waals surface area contributed by atoms with E-state index in [-0.39, 0.29) is 21.3 Å². The molecule has 0 N–H and O–H groups in total. The largest absolute Gasteiger partial charge is 0.248 e. The molecule has 0 spiro atoms. The Hall–Kier alpha value is -1.80. The molecule has 5 heteroatoms. The maximum absolute atomic E-state index is 13.6. The summed E-state index contributed by atoms with van der Waals surface area (Å²) in [5.41, 5.74) is 0.0774. The molecule has 1 aromatic carbocycles. The van der Waals surface area contributed by atoms with Crippen LogP contribution < -0.4 is 0 Å². The first-order chi connectivity index (χ1) is 8.15. The third-order valence-corrected chi connectivity index (χ3v) is 2.85. The van der Waals surface area contributed by atoms with Gasteiger partial charge in [-0.1, -0.05) is 6.07 Å². The van der Waals surface area contributed by atoms with E-state index < -0.39 is 11.6 Å². The number of aromatic nitrogens is 1. The molecule has 1 aromatic heterocycles. The summed E-state index contributed by atoms with van der Waals surface area (Å²) in [5.74, 6) is -1.42. The topological polar surface area (TPSA) is 36.7 Å². The molecule has 0 aliphatic rings. The maximum atomic E-state index is 13.6. The summed E-state index contributed by atoms with van der Waals surface area (Å²) in [7, 11) is 0. The number of hydrogen-bond acceptors (Lipinski definition) is 2. The second kappa shape index (κ2) is 4.60. The van der Waals surface area contributed by atoms with Gasteiger partial charge in [0.05, 0.1) is 11.1 Å². The Morgan fingerprint density at radius 3 is 2.41 bits per heavy atom. The van der Waals surface area contributed by atoms with Crippen molar-refractivity contribution in [3.05, 3.63) is 52.3 Å². The van der Waals surface area contributed by atoms with E-state index in [1.165, 1.54) is 18.3 Å². The van der Waals surface area contributed by atoms with E-state index in [9.17, 15) is 8.78 Å². The van der Waals surface area contributed by atoms with Crippen molar-refractivity contribution < 1.29 is 8.78 Å². The van der Waals surface area contributed by atoms with Crippen LogP contribution in [0.4, 0.5) is 8.78 Å². The molecule has 0 unspecified atom stereocenters. The number of nitrogens with zero attached hydrogens (tertiary/aromatic N) is 2. The van der Waals surface area contributed by atoms with E-state index in [1.54, 1.807) is 0 Å². The van der Waals surface area contributed by atoms with Crippen LogP contribution in [0.3, 0.4) is 0 Å². The molecule has 0 bridgehead atoms. The average Bonchev–Trinajstić information content (AvgIpc) is 2.29. The highest BCUT2D eigenvalue weighted by molar-refractivity contribution is 9.10. The van der Waals surface area contributed by atoms with Crippen LogP contribution in [0.5, 0.6) is 0 Å². The second-order valence-corrected chi connectivity index (χ2v) is 3.98. The molecule has 2 aromatic rings. The standard InChI is InChI=1S/C12H5BrF2N2/c13-12-8(6-16)7(4-5-17-12)11-9(14)2-1-3-10(11)15/h1-5H. The van der Waals surface area contributed by atoms with Crippen LogP contribution in [0.2, 0.25) is 0 Å². The Bertz CT molecular complexity index is 600. The molecule has 84 valence electrons. The number of nitriles is 1. The second-order valence-electron chi connectivity index (χ2n) is 3.23. The predicted octanol–water partition coefficient (Wildman–Crippen LogP) is 3.66. The molecule has 2 nitrogen and oxygen atoms in total. The minimum absolute atomic E-state index is 0.108. The molecule has 0 saturated carbocycles. The first kappa shape index (κ1) is 11.7. The quantitative estimate of drug-likeness (QED) is 0.753. The van der Waals surface area contributed by atoms with Crippen LogP contribution in [-0.4, -0.2) is 4.98 Å². The number of benzene rings is 1. The van der Waals surface area contributed by atoms with Crippen LogP contribution in [0.25, 0.3) is 11.1 Å². The molecule has 0 fully saturated rings. The van der Waals surface area contributed by atoms with Crippen LogP contribution in [0.15, 0.2) is 35.1 Å².